The Morgan fingerprint density at radius 3 is 2.74 bits per heavy atom. The lowest BCUT2D eigenvalue weighted by atomic mass is 9.78. The molecule has 1 atom stereocenters. The molecule has 0 aliphatic carbocycles. The Kier molecular flexibility index (Phi) is 3.32. The van der Waals surface area contributed by atoms with Gasteiger partial charge >= 0.3 is 0 Å². The van der Waals surface area contributed by atoms with E-state index in [1.54, 1.807) is 0 Å². The summed E-state index contributed by atoms with van der Waals surface area (Å²) in [7, 11) is 0. The van der Waals surface area contributed by atoms with Crippen LogP contribution in [0.25, 0.3) is 10.9 Å². The second-order valence-corrected chi connectivity index (χ2v) is 7.07. The standard InChI is InChI=1S/C18H23N3O2/c1-11-9-13(12(2)19)15-14(10-11)16(22)21-6-3-18(17(21)20-15)4-7-23-8-5-18/h9-10,12H,3-8,19H2,1-2H3/t12-/m1/s1. The number of aryl methyl sites for hydroxylation is 1. The summed E-state index contributed by atoms with van der Waals surface area (Å²) in [5.41, 5.74) is 9.05. The number of hydrogen-bond acceptors (Lipinski definition) is 4. The second-order valence-electron chi connectivity index (χ2n) is 7.07. The Balaban J connectivity index is 2.03. The molecule has 2 aromatic rings. The van der Waals surface area contributed by atoms with Crippen LogP contribution < -0.4 is 11.3 Å². The molecule has 0 unspecified atom stereocenters. The number of nitrogens with zero attached hydrogens (tertiary/aromatic N) is 2. The molecular formula is C18H23N3O2. The van der Waals surface area contributed by atoms with Crippen molar-refractivity contribution >= 4 is 10.9 Å². The van der Waals surface area contributed by atoms with Gasteiger partial charge in [0.05, 0.1) is 10.9 Å². The van der Waals surface area contributed by atoms with Crippen LogP contribution in [0.2, 0.25) is 0 Å². The highest BCUT2D eigenvalue weighted by Gasteiger charge is 2.42. The van der Waals surface area contributed by atoms with Crippen LogP contribution in [0.4, 0.5) is 0 Å². The highest BCUT2D eigenvalue weighted by atomic mass is 16.5. The average molecular weight is 313 g/mol. The lowest BCUT2D eigenvalue weighted by Gasteiger charge is -2.32. The van der Waals surface area contributed by atoms with Crippen molar-refractivity contribution in [3.63, 3.8) is 0 Å². The summed E-state index contributed by atoms with van der Waals surface area (Å²) in [5.74, 6) is 0.948. The maximum Gasteiger partial charge on any atom is 0.261 e. The van der Waals surface area contributed by atoms with E-state index in [2.05, 4.69) is 6.07 Å². The van der Waals surface area contributed by atoms with E-state index in [1.165, 1.54) is 0 Å². The zero-order chi connectivity index (χ0) is 16.2. The Morgan fingerprint density at radius 1 is 1.30 bits per heavy atom. The zero-order valence-corrected chi connectivity index (χ0v) is 13.8. The first kappa shape index (κ1) is 14.8. The summed E-state index contributed by atoms with van der Waals surface area (Å²) in [6.45, 7) is 6.22. The molecule has 1 spiro atoms. The summed E-state index contributed by atoms with van der Waals surface area (Å²) in [4.78, 5) is 18.0. The first-order valence-electron chi connectivity index (χ1n) is 8.41. The molecule has 1 aromatic carbocycles. The maximum absolute atomic E-state index is 13.0. The fourth-order valence-corrected chi connectivity index (χ4v) is 4.14. The third kappa shape index (κ3) is 2.14. The number of hydrogen-bond donors (Lipinski definition) is 1. The van der Waals surface area contributed by atoms with Gasteiger partial charge in [-0.3, -0.25) is 9.36 Å². The largest absolute Gasteiger partial charge is 0.381 e. The van der Waals surface area contributed by atoms with Crippen LogP contribution in [0.1, 0.15) is 49.2 Å². The lowest BCUT2D eigenvalue weighted by Crippen LogP contribution is -2.34. The van der Waals surface area contributed by atoms with Crippen molar-refractivity contribution in [2.45, 2.75) is 51.1 Å². The SMILES string of the molecule is Cc1cc([C@@H](C)N)c2nc3n(c(=O)c2c1)CCC31CCOCC1. The van der Waals surface area contributed by atoms with E-state index in [0.717, 1.165) is 61.5 Å². The van der Waals surface area contributed by atoms with Gasteiger partial charge in [-0.15, -0.1) is 0 Å². The number of rotatable bonds is 1. The molecule has 1 aromatic heterocycles. The molecule has 5 nitrogen and oxygen atoms in total. The van der Waals surface area contributed by atoms with Gasteiger partial charge < -0.3 is 10.5 Å². The molecule has 3 heterocycles. The quantitative estimate of drug-likeness (QED) is 0.876. The van der Waals surface area contributed by atoms with Crippen molar-refractivity contribution in [1.82, 2.24) is 9.55 Å². The molecule has 122 valence electrons. The van der Waals surface area contributed by atoms with Crippen LogP contribution in [0.15, 0.2) is 16.9 Å². The van der Waals surface area contributed by atoms with Gasteiger partial charge in [0.1, 0.15) is 5.82 Å². The Labute approximate surface area is 135 Å². The van der Waals surface area contributed by atoms with Crippen molar-refractivity contribution in [3.05, 3.63) is 39.4 Å². The van der Waals surface area contributed by atoms with Crippen molar-refractivity contribution in [3.8, 4) is 0 Å². The molecule has 2 N–H and O–H groups in total. The Hall–Kier alpha value is -1.72. The van der Waals surface area contributed by atoms with Crippen molar-refractivity contribution in [2.75, 3.05) is 13.2 Å². The van der Waals surface area contributed by atoms with E-state index >= 15 is 0 Å². The lowest BCUT2D eigenvalue weighted by molar-refractivity contribution is 0.0492. The van der Waals surface area contributed by atoms with Crippen molar-refractivity contribution in [2.24, 2.45) is 5.73 Å². The third-order valence-corrected chi connectivity index (χ3v) is 5.46. The Bertz CT molecular complexity index is 832. The highest BCUT2D eigenvalue weighted by Crippen LogP contribution is 2.41. The minimum atomic E-state index is -0.139. The molecule has 0 saturated carbocycles. The smallest absolute Gasteiger partial charge is 0.261 e. The van der Waals surface area contributed by atoms with Gasteiger partial charge in [-0.1, -0.05) is 6.07 Å². The zero-order valence-electron chi connectivity index (χ0n) is 13.8. The first-order valence-corrected chi connectivity index (χ1v) is 8.41. The van der Waals surface area contributed by atoms with E-state index < -0.39 is 0 Å². The number of nitrogens with two attached hydrogens (primary N) is 1. The fraction of sp³-hybridized carbons (Fsp3) is 0.556. The molecule has 1 saturated heterocycles. The normalized spacial score (nSPS) is 20.8. The van der Waals surface area contributed by atoms with Crippen LogP contribution >= 0.6 is 0 Å². The van der Waals surface area contributed by atoms with E-state index in [0.29, 0.717) is 5.39 Å². The van der Waals surface area contributed by atoms with Crippen molar-refractivity contribution in [1.29, 1.82) is 0 Å². The topological polar surface area (TPSA) is 70.1 Å². The fourth-order valence-electron chi connectivity index (χ4n) is 4.14. The number of ether oxygens (including phenoxy) is 1. The molecule has 0 amide bonds. The number of fused-ring (bicyclic) bond motifs is 3. The molecule has 5 heteroatoms. The minimum absolute atomic E-state index is 0.00555. The van der Waals surface area contributed by atoms with Gasteiger partial charge in [0, 0.05) is 31.2 Å². The molecule has 4 rings (SSSR count). The number of benzene rings is 1. The van der Waals surface area contributed by atoms with E-state index in [9.17, 15) is 4.79 Å². The highest BCUT2D eigenvalue weighted by molar-refractivity contribution is 5.82. The van der Waals surface area contributed by atoms with Crippen LogP contribution in [0.3, 0.4) is 0 Å². The van der Waals surface area contributed by atoms with Crippen LogP contribution in [-0.4, -0.2) is 22.8 Å². The summed E-state index contributed by atoms with van der Waals surface area (Å²) in [6.07, 6.45) is 2.88. The molecule has 2 aliphatic heterocycles. The van der Waals surface area contributed by atoms with Crippen LogP contribution in [-0.2, 0) is 16.7 Å². The van der Waals surface area contributed by atoms with E-state index in [4.69, 9.17) is 15.5 Å². The molecule has 23 heavy (non-hydrogen) atoms. The van der Waals surface area contributed by atoms with Gasteiger partial charge in [-0.2, -0.15) is 0 Å². The molecular weight excluding hydrogens is 290 g/mol. The molecule has 2 aliphatic rings. The van der Waals surface area contributed by atoms with Gasteiger partial charge in [-0.05, 0) is 50.3 Å². The Morgan fingerprint density at radius 2 is 2.04 bits per heavy atom. The average Bonchev–Trinajstić information content (AvgIpc) is 2.87. The minimum Gasteiger partial charge on any atom is -0.381 e. The van der Waals surface area contributed by atoms with Crippen LogP contribution in [0, 0.1) is 6.92 Å². The predicted octanol–water partition coefficient (Wildman–Crippen LogP) is 2.18. The van der Waals surface area contributed by atoms with Gasteiger partial charge in [0.15, 0.2) is 0 Å². The van der Waals surface area contributed by atoms with Gasteiger partial charge in [0.25, 0.3) is 5.56 Å². The maximum atomic E-state index is 13.0. The summed E-state index contributed by atoms with van der Waals surface area (Å²) in [5, 5.41) is 0.699. The summed E-state index contributed by atoms with van der Waals surface area (Å²) < 4.78 is 7.42. The molecule has 0 bridgehead atoms. The van der Waals surface area contributed by atoms with Crippen molar-refractivity contribution < 1.29 is 4.74 Å². The van der Waals surface area contributed by atoms with E-state index in [-0.39, 0.29) is 17.0 Å². The summed E-state index contributed by atoms with van der Waals surface area (Å²) >= 11 is 0. The summed E-state index contributed by atoms with van der Waals surface area (Å²) in [6, 6.07) is 3.86. The van der Waals surface area contributed by atoms with E-state index in [1.807, 2.05) is 24.5 Å². The first-order chi connectivity index (χ1) is 11.0. The monoisotopic (exact) mass is 313 g/mol. The van der Waals surface area contributed by atoms with Crippen LogP contribution in [0.5, 0.6) is 0 Å². The van der Waals surface area contributed by atoms with Gasteiger partial charge in [-0.25, -0.2) is 4.98 Å². The molecule has 1 fully saturated rings. The second kappa shape index (κ2) is 5.14. The molecule has 0 radical (unpaired) electrons. The number of aromatic nitrogens is 2. The third-order valence-electron chi connectivity index (χ3n) is 5.46. The van der Waals surface area contributed by atoms with Gasteiger partial charge in [0.2, 0.25) is 0 Å². The predicted molar refractivity (Wildman–Crippen MR) is 89.7 cm³/mol.